The predicted octanol–water partition coefficient (Wildman–Crippen LogP) is 3.63. The molecule has 0 aromatic heterocycles. The number of rotatable bonds is 7. The summed E-state index contributed by atoms with van der Waals surface area (Å²) in [7, 11) is -2.20. The lowest BCUT2D eigenvalue weighted by Gasteiger charge is -2.22. The maximum atomic E-state index is 13.0. The Kier molecular flexibility index (Phi) is 5.92. The quantitative estimate of drug-likeness (QED) is 0.765. The number of sulfone groups is 1. The maximum Gasteiger partial charge on any atom is 0.337 e. The van der Waals surface area contributed by atoms with E-state index in [1.165, 1.54) is 25.3 Å². The molecule has 2 aromatic rings. The Hall–Kier alpha value is -2.54. The fourth-order valence-electron chi connectivity index (χ4n) is 2.82. The van der Waals surface area contributed by atoms with Crippen LogP contribution in [0.2, 0.25) is 0 Å². The summed E-state index contributed by atoms with van der Waals surface area (Å²) in [6.07, 6.45) is 0.279. The van der Waals surface area contributed by atoms with Gasteiger partial charge in [0.05, 0.1) is 23.3 Å². The number of aryl methyl sites for hydroxylation is 2. The van der Waals surface area contributed by atoms with Crippen LogP contribution < -0.4 is 10.1 Å². The Labute approximate surface area is 153 Å². The fourth-order valence-corrected chi connectivity index (χ4v) is 4.37. The minimum absolute atomic E-state index is 0.0610. The van der Waals surface area contributed by atoms with Crippen LogP contribution in [-0.4, -0.2) is 32.0 Å². The first kappa shape index (κ1) is 19.8. The van der Waals surface area contributed by atoms with Gasteiger partial charge < -0.3 is 15.2 Å². The van der Waals surface area contributed by atoms with Gasteiger partial charge in [0.1, 0.15) is 11.1 Å². The van der Waals surface area contributed by atoms with Crippen molar-refractivity contribution in [2.24, 2.45) is 0 Å². The van der Waals surface area contributed by atoms with Crippen molar-refractivity contribution in [3.63, 3.8) is 0 Å². The minimum Gasteiger partial charge on any atom is -0.497 e. The molecular weight excluding hydrogens is 354 g/mol. The Morgan fingerprint density at radius 2 is 1.81 bits per heavy atom. The molecule has 2 aromatic carbocycles. The molecule has 1 atom stereocenters. The average Bonchev–Trinajstić information content (AvgIpc) is 2.60. The predicted molar refractivity (Wildman–Crippen MR) is 101 cm³/mol. The van der Waals surface area contributed by atoms with Gasteiger partial charge in [-0.15, -0.1) is 0 Å². The summed E-state index contributed by atoms with van der Waals surface area (Å²) in [5.41, 5.74) is 1.88. The summed E-state index contributed by atoms with van der Waals surface area (Å²) in [6.45, 7) is 5.30. The monoisotopic (exact) mass is 377 g/mol. The highest BCUT2D eigenvalue weighted by atomic mass is 32.2. The Bertz CT molecular complexity index is 904. The number of anilines is 1. The third kappa shape index (κ3) is 3.99. The van der Waals surface area contributed by atoms with Crippen molar-refractivity contribution in [2.75, 3.05) is 12.4 Å². The molecule has 0 fully saturated rings. The molecule has 7 heteroatoms. The molecule has 26 heavy (non-hydrogen) atoms. The maximum absolute atomic E-state index is 13.0. The number of hydrogen-bond acceptors (Lipinski definition) is 5. The SMILES string of the molecule is CCC(Nc1c(C)cc(C)cc1C(=O)O)S(=O)(=O)c1ccc(OC)cc1. The first-order valence-electron chi connectivity index (χ1n) is 8.19. The first-order valence-corrected chi connectivity index (χ1v) is 9.74. The lowest BCUT2D eigenvalue weighted by molar-refractivity contribution is 0.0697. The number of nitrogens with one attached hydrogen (secondary N) is 1. The van der Waals surface area contributed by atoms with Crippen molar-refractivity contribution in [1.29, 1.82) is 0 Å². The second-order valence-electron chi connectivity index (χ2n) is 6.07. The van der Waals surface area contributed by atoms with E-state index in [9.17, 15) is 18.3 Å². The first-order chi connectivity index (χ1) is 12.2. The molecule has 0 radical (unpaired) electrons. The topological polar surface area (TPSA) is 92.7 Å². The van der Waals surface area contributed by atoms with Crippen LogP contribution in [0.5, 0.6) is 5.75 Å². The summed E-state index contributed by atoms with van der Waals surface area (Å²) in [4.78, 5) is 11.7. The highest BCUT2D eigenvalue weighted by molar-refractivity contribution is 7.92. The van der Waals surface area contributed by atoms with Gasteiger partial charge in [-0.3, -0.25) is 0 Å². The molecule has 0 aliphatic heterocycles. The summed E-state index contributed by atoms with van der Waals surface area (Å²) >= 11 is 0. The molecule has 0 saturated carbocycles. The van der Waals surface area contributed by atoms with E-state index < -0.39 is 21.2 Å². The van der Waals surface area contributed by atoms with Crippen LogP contribution in [0.1, 0.15) is 34.8 Å². The van der Waals surface area contributed by atoms with Gasteiger partial charge in [0.25, 0.3) is 0 Å². The van der Waals surface area contributed by atoms with Crippen molar-refractivity contribution >= 4 is 21.5 Å². The van der Waals surface area contributed by atoms with Crippen LogP contribution >= 0.6 is 0 Å². The zero-order valence-corrected chi connectivity index (χ0v) is 16.1. The van der Waals surface area contributed by atoms with Crippen LogP contribution in [0.15, 0.2) is 41.3 Å². The molecule has 140 valence electrons. The number of ether oxygens (including phenoxy) is 1. The second-order valence-corrected chi connectivity index (χ2v) is 8.20. The van der Waals surface area contributed by atoms with Gasteiger partial charge in [-0.2, -0.15) is 0 Å². The van der Waals surface area contributed by atoms with E-state index in [0.29, 0.717) is 17.0 Å². The van der Waals surface area contributed by atoms with Gasteiger partial charge in [-0.05, 0) is 61.7 Å². The second kappa shape index (κ2) is 7.78. The van der Waals surface area contributed by atoms with Crippen molar-refractivity contribution < 1.29 is 23.1 Å². The number of aromatic carboxylic acids is 1. The Morgan fingerprint density at radius 3 is 2.31 bits per heavy atom. The van der Waals surface area contributed by atoms with Crippen molar-refractivity contribution in [2.45, 2.75) is 37.5 Å². The smallest absolute Gasteiger partial charge is 0.337 e. The van der Waals surface area contributed by atoms with E-state index >= 15 is 0 Å². The molecular formula is C19H23NO5S. The summed E-state index contributed by atoms with van der Waals surface area (Å²) in [5, 5.41) is 11.5. The largest absolute Gasteiger partial charge is 0.497 e. The molecule has 6 nitrogen and oxygen atoms in total. The molecule has 2 N–H and O–H groups in total. The highest BCUT2D eigenvalue weighted by Gasteiger charge is 2.28. The Morgan fingerprint density at radius 1 is 1.19 bits per heavy atom. The molecule has 0 amide bonds. The molecule has 2 rings (SSSR count). The molecule has 1 unspecified atom stereocenters. The normalized spacial score (nSPS) is 12.5. The number of methoxy groups -OCH3 is 1. The molecule has 0 heterocycles. The standard InChI is InChI=1S/C19H23NO5S/c1-5-17(26(23,24)15-8-6-14(25-4)7-9-15)20-18-13(3)10-12(2)11-16(18)19(21)22/h6-11,17,20H,5H2,1-4H3,(H,21,22). The molecule has 0 aliphatic rings. The number of carboxylic acids is 1. The summed E-state index contributed by atoms with van der Waals surface area (Å²) in [6, 6.07) is 9.49. The van der Waals surface area contributed by atoms with Crippen molar-refractivity contribution in [3.05, 3.63) is 53.1 Å². The lowest BCUT2D eigenvalue weighted by atomic mass is 10.0. The van der Waals surface area contributed by atoms with Gasteiger partial charge >= 0.3 is 5.97 Å². The van der Waals surface area contributed by atoms with E-state index in [0.717, 1.165) is 5.56 Å². The van der Waals surface area contributed by atoms with Gasteiger partial charge in [-0.1, -0.05) is 13.0 Å². The van der Waals surface area contributed by atoms with Crippen LogP contribution in [0, 0.1) is 13.8 Å². The van der Waals surface area contributed by atoms with Crippen LogP contribution in [0.4, 0.5) is 5.69 Å². The number of carbonyl (C=O) groups is 1. The van der Waals surface area contributed by atoms with E-state index in [-0.39, 0.29) is 16.9 Å². The number of hydrogen-bond donors (Lipinski definition) is 2. The van der Waals surface area contributed by atoms with E-state index in [1.807, 2.05) is 6.07 Å². The third-order valence-electron chi connectivity index (χ3n) is 4.15. The van der Waals surface area contributed by atoms with Gasteiger partial charge in [-0.25, -0.2) is 13.2 Å². The zero-order chi connectivity index (χ0) is 19.5. The Balaban J connectivity index is 2.44. The van der Waals surface area contributed by atoms with E-state index in [4.69, 9.17) is 4.74 Å². The van der Waals surface area contributed by atoms with E-state index in [1.54, 1.807) is 32.9 Å². The van der Waals surface area contributed by atoms with Gasteiger partial charge in [0.15, 0.2) is 9.84 Å². The molecule has 0 spiro atoms. The van der Waals surface area contributed by atoms with Gasteiger partial charge in [0, 0.05) is 0 Å². The number of benzene rings is 2. The van der Waals surface area contributed by atoms with Crippen LogP contribution in [0.3, 0.4) is 0 Å². The minimum atomic E-state index is -3.70. The third-order valence-corrected chi connectivity index (χ3v) is 6.28. The van der Waals surface area contributed by atoms with Crippen LogP contribution in [0.25, 0.3) is 0 Å². The average molecular weight is 377 g/mol. The van der Waals surface area contributed by atoms with Crippen LogP contribution in [-0.2, 0) is 9.84 Å². The van der Waals surface area contributed by atoms with Crippen molar-refractivity contribution in [1.82, 2.24) is 0 Å². The fraction of sp³-hybridized carbons (Fsp3) is 0.316. The van der Waals surface area contributed by atoms with E-state index in [2.05, 4.69) is 5.32 Å². The van der Waals surface area contributed by atoms with Crippen molar-refractivity contribution in [3.8, 4) is 5.75 Å². The lowest BCUT2D eigenvalue weighted by Crippen LogP contribution is -2.30. The zero-order valence-electron chi connectivity index (χ0n) is 15.2. The van der Waals surface area contributed by atoms with Gasteiger partial charge in [0.2, 0.25) is 0 Å². The summed E-state index contributed by atoms with van der Waals surface area (Å²) in [5.74, 6) is -0.538. The highest BCUT2D eigenvalue weighted by Crippen LogP contribution is 2.28. The molecule has 0 aliphatic carbocycles. The molecule has 0 bridgehead atoms. The molecule has 0 saturated heterocycles. The summed E-state index contributed by atoms with van der Waals surface area (Å²) < 4.78 is 31.0. The number of carboxylic acid groups (broad SMARTS) is 1.